The molecule has 0 aliphatic rings. The highest BCUT2D eigenvalue weighted by molar-refractivity contribution is 7.90. The lowest BCUT2D eigenvalue weighted by Crippen LogP contribution is -2.49. The van der Waals surface area contributed by atoms with E-state index in [0.29, 0.717) is 0 Å². The van der Waals surface area contributed by atoms with E-state index in [2.05, 4.69) is 10.6 Å². The third-order valence-electron chi connectivity index (χ3n) is 2.70. The first-order chi connectivity index (χ1) is 8.69. The molecule has 112 valence electrons. The molecule has 0 aromatic heterocycles. The van der Waals surface area contributed by atoms with Gasteiger partial charge in [-0.2, -0.15) is 0 Å². The third-order valence-corrected chi connectivity index (χ3v) is 3.68. The fourth-order valence-electron chi connectivity index (χ4n) is 1.47. The van der Waals surface area contributed by atoms with E-state index < -0.39 is 27.9 Å². The minimum absolute atomic E-state index is 0.0237. The molecule has 8 heteroatoms. The van der Waals surface area contributed by atoms with Gasteiger partial charge in [0.05, 0.1) is 5.75 Å². The van der Waals surface area contributed by atoms with Crippen molar-refractivity contribution in [3.05, 3.63) is 0 Å². The Bertz CT molecular complexity index is 403. The van der Waals surface area contributed by atoms with Gasteiger partial charge in [-0.15, -0.1) is 0 Å². The van der Waals surface area contributed by atoms with Crippen molar-refractivity contribution in [2.75, 3.05) is 12.0 Å². The minimum Gasteiger partial charge on any atom is -0.480 e. The number of nitrogens with one attached hydrogen (secondary N) is 2. The van der Waals surface area contributed by atoms with Crippen LogP contribution in [-0.2, 0) is 14.6 Å². The van der Waals surface area contributed by atoms with Crippen LogP contribution in [0.15, 0.2) is 0 Å². The highest BCUT2D eigenvalue weighted by atomic mass is 32.2. The quantitative estimate of drug-likeness (QED) is 0.598. The van der Waals surface area contributed by atoms with Crippen LogP contribution in [0.4, 0.5) is 4.79 Å². The average Bonchev–Trinajstić information content (AvgIpc) is 2.29. The molecule has 1 atom stereocenters. The molecular formula is C11H22N2O5S. The van der Waals surface area contributed by atoms with Gasteiger partial charge in [-0.25, -0.2) is 18.0 Å². The van der Waals surface area contributed by atoms with Crippen molar-refractivity contribution in [2.24, 2.45) is 0 Å². The maximum atomic E-state index is 11.6. The van der Waals surface area contributed by atoms with Crippen molar-refractivity contribution in [3.8, 4) is 0 Å². The van der Waals surface area contributed by atoms with Crippen LogP contribution in [0.3, 0.4) is 0 Å². The zero-order valence-corrected chi connectivity index (χ0v) is 12.3. The summed E-state index contributed by atoms with van der Waals surface area (Å²) in [4.78, 5) is 22.5. The van der Waals surface area contributed by atoms with Crippen LogP contribution >= 0.6 is 0 Å². The van der Waals surface area contributed by atoms with E-state index >= 15 is 0 Å². The van der Waals surface area contributed by atoms with Crippen molar-refractivity contribution in [1.29, 1.82) is 0 Å². The summed E-state index contributed by atoms with van der Waals surface area (Å²) in [6.45, 7) is 3.82. The molecule has 0 spiro atoms. The van der Waals surface area contributed by atoms with Gasteiger partial charge in [0, 0.05) is 12.3 Å². The molecule has 1 unspecified atom stereocenters. The van der Waals surface area contributed by atoms with Gasteiger partial charge < -0.3 is 15.7 Å². The lowest BCUT2D eigenvalue weighted by molar-refractivity contribution is -0.139. The van der Waals surface area contributed by atoms with Crippen LogP contribution in [0.2, 0.25) is 0 Å². The van der Waals surface area contributed by atoms with Crippen LogP contribution in [0.5, 0.6) is 0 Å². The van der Waals surface area contributed by atoms with Crippen molar-refractivity contribution in [3.63, 3.8) is 0 Å². The molecule has 3 N–H and O–H groups in total. The Morgan fingerprint density at radius 1 is 1.16 bits per heavy atom. The zero-order chi connectivity index (χ0) is 15.1. The van der Waals surface area contributed by atoms with Crippen LogP contribution in [0.25, 0.3) is 0 Å². The average molecular weight is 294 g/mol. The normalized spacial score (nSPS) is 13.1. The van der Waals surface area contributed by atoms with Gasteiger partial charge in [-0.05, 0) is 19.3 Å². The largest absolute Gasteiger partial charge is 0.480 e. The Morgan fingerprint density at radius 3 is 2.05 bits per heavy atom. The molecular weight excluding hydrogens is 272 g/mol. The van der Waals surface area contributed by atoms with Crippen molar-refractivity contribution >= 4 is 21.8 Å². The molecule has 0 aromatic carbocycles. The molecule has 0 aliphatic heterocycles. The van der Waals surface area contributed by atoms with Gasteiger partial charge in [0.15, 0.2) is 0 Å². The molecule has 0 bridgehead atoms. The number of carboxylic acids is 1. The maximum absolute atomic E-state index is 11.6. The van der Waals surface area contributed by atoms with E-state index in [4.69, 9.17) is 5.11 Å². The van der Waals surface area contributed by atoms with Crippen LogP contribution in [0.1, 0.15) is 33.1 Å². The first-order valence-corrected chi connectivity index (χ1v) is 8.23. The summed E-state index contributed by atoms with van der Waals surface area (Å²) in [7, 11) is -3.26. The Hall–Kier alpha value is -1.31. The first kappa shape index (κ1) is 17.7. The van der Waals surface area contributed by atoms with Crippen molar-refractivity contribution in [2.45, 2.75) is 45.2 Å². The van der Waals surface area contributed by atoms with E-state index in [9.17, 15) is 18.0 Å². The summed E-state index contributed by atoms with van der Waals surface area (Å²) < 4.78 is 22.0. The van der Waals surface area contributed by atoms with E-state index in [-0.39, 0.29) is 18.2 Å². The van der Waals surface area contributed by atoms with Gasteiger partial charge in [0.2, 0.25) is 0 Å². The minimum atomic E-state index is -3.26. The summed E-state index contributed by atoms with van der Waals surface area (Å²) >= 11 is 0. The van der Waals surface area contributed by atoms with Gasteiger partial charge in [-0.1, -0.05) is 13.8 Å². The molecule has 0 fully saturated rings. The predicted molar refractivity (Wildman–Crippen MR) is 71.8 cm³/mol. The van der Waals surface area contributed by atoms with E-state index in [1.807, 2.05) is 13.8 Å². The number of rotatable bonds is 8. The van der Waals surface area contributed by atoms with Gasteiger partial charge in [-0.3, -0.25) is 0 Å². The van der Waals surface area contributed by atoms with Crippen LogP contribution in [0, 0.1) is 0 Å². The molecule has 0 saturated heterocycles. The summed E-state index contributed by atoms with van der Waals surface area (Å²) in [5.41, 5.74) is 0. The van der Waals surface area contributed by atoms with Gasteiger partial charge >= 0.3 is 12.0 Å². The maximum Gasteiger partial charge on any atom is 0.326 e. The molecule has 7 nitrogen and oxygen atoms in total. The summed E-state index contributed by atoms with van der Waals surface area (Å²) in [5, 5.41) is 13.8. The van der Waals surface area contributed by atoms with Crippen LogP contribution < -0.4 is 10.6 Å². The molecule has 19 heavy (non-hydrogen) atoms. The molecule has 0 rings (SSSR count). The lowest BCUT2D eigenvalue weighted by Gasteiger charge is -2.18. The number of carbonyl (C=O) groups is 2. The number of sulfone groups is 1. The standard InChI is InChI=1S/C11H22N2O5S/c1-4-8(5-2)12-11(16)13-9(10(14)15)6-7-19(3,17)18/h8-9H,4-7H2,1-3H3,(H,14,15)(H2,12,13,16). The Labute approximate surface area is 113 Å². The molecule has 0 aromatic rings. The molecule has 0 saturated carbocycles. The number of hydrogen-bond acceptors (Lipinski definition) is 4. The molecule has 2 amide bonds. The smallest absolute Gasteiger partial charge is 0.326 e. The molecule has 0 radical (unpaired) electrons. The highest BCUT2D eigenvalue weighted by Crippen LogP contribution is 1.99. The number of carboxylic acid groups (broad SMARTS) is 1. The topological polar surface area (TPSA) is 113 Å². The third kappa shape index (κ3) is 8.41. The highest BCUT2D eigenvalue weighted by Gasteiger charge is 2.22. The van der Waals surface area contributed by atoms with Crippen molar-refractivity contribution in [1.82, 2.24) is 10.6 Å². The van der Waals surface area contributed by atoms with Crippen molar-refractivity contribution < 1.29 is 23.1 Å². The lowest BCUT2D eigenvalue weighted by atomic mass is 10.2. The summed E-state index contributed by atoms with van der Waals surface area (Å²) in [6, 6.07) is -1.82. The second-order valence-electron chi connectivity index (χ2n) is 4.44. The molecule has 0 heterocycles. The summed E-state index contributed by atoms with van der Waals surface area (Å²) in [5.74, 6) is -1.53. The summed E-state index contributed by atoms with van der Waals surface area (Å²) in [6.07, 6.45) is 2.36. The number of amides is 2. The monoisotopic (exact) mass is 294 g/mol. The zero-order valence-electron chi connectivity index (χ0n) is 11.5. The second-order valence-corrected chi connectivity index (χ2v) is 6.70. The van der Waals surface area contributed by atoms with Gasteiger partial charge in [0.25, 0.3) is 0 Å². The first-order valence-electron chi connectivity index (χ1n) is 6.17. The number of carbonyl (C=O) groups excluding carboxylic acids is 1. The van der Waals surface area contributed by atoms with E-state index in [1.54, 1.807) is 0 Å². The number of hydrogen-bond donors (Lipinski definition) is 3. The Kier molecular flexibility index (Phi) is 7.43. The fraction of sp³-hybridized carbons (Fsp3) is 0.818. The van der Waals surface area contributed by atoms with Gasteiger partial charge in [0.1, 0.15) is 15.9 Å². The second kappa shape index (κ2) is 7.98. The van der Waals surface area contributed by atoms with E-state index in [1.165, 1.54) is 0 Å². The van der Waals surface area contributed by atoms with Crippen LogP contribution in [-0.4, -0.2) is 49.6 Å². The van der Waals surface area contributed by atoms with E-state index in [0.717, 1.165) is 19.1 Å². The fourth-order valence-corrected chi connectivity index (χ4v) is 2.13. The molecule has 0 aliphatic carbocycles. The Morgan fingerprint density at radius 2 is 1.68 bits per heavy atom. The Balaban J connectivity index is 4.42. The number of urea groups is 1. The number of aliphatic carboxylic acids is 1. The SMILES string of the molecule is CCC(CC)NC(=O)NC(CCS(C)(=O)=O)C(=O)O. The predicted octanol–water partition coefficient (Wildman–Crippen LogP) is 0.362.